The van der Waals surface area contributed by atoms with Gasteiger partial charge in [0.15, 0.2) is 5.13 Å². The van der Waals surface area contributed by atoms with Crippen LogP contribution in [0.1, 0.15) is 26.5 Å². The Kier molecular flexibility index (Phi) is 5.25. The first-order valence-corrected chi connectivity index (χ1v) is 11.1. The van der Waals surface area contributed by atoms with Crippen LogP contribution < -0.4 is 11.1 Å². The molecule has 0 fully saturated rings. The Bertz CT molecular complexity index is 1280. The highest BCUT2D eigenvalue weighted by atomic mass is 35.5. The molecule has 0 atom stereocenters. The average Bonchev–Trinajstić information content (AvgIpc) is 3.27. The molecule has 0 saturated heterocycles. The van der Waals surface area contributed by atoms with Gasteiger partial charge in [0, 0.05) is 22.0 Å². The number of aromatic nitrogens is 2. The Morgan fingerprint density at radius 1 is 1.10 bits per heavy atom. The van der Waals surface area contributed by atoms with E-state index in [4.69, 9.17) is 28.9 Å². The first-order valence-electron chi connectivity index (χ1n) is 8.64. The maximum atomic E-state index is 12.8. The van der Waals surface area contributed by atoms with Gasteiger partial charge < -0.3 is 5.73 Å². The van der Waals surface area contributed by atoms with Gasteiger partial charge in [0.05, 0.1) is 21.4 Å². The predicted octanol–water partition coefficient (Wildman–Crippen LogP) is 6.49. The lowest BCUT2D eigenvalue weighted by molar-refractivity contribution is 0.103. The maximum Gasteiger partial charge on any atom is 0.269 e. The van der Waals surface area contributed by atoms with Gasteiger partial charge >= 0.3 is 0 Å². The van der Waals surface area contributed by atoms with Gasteiger partial charge in [-0.3, -0.25) is 10.1 Å². The van der Waals surface area contributed by atoms with Gasteiger partial charge in [0.2, 0.25) is 0 Å². The molecule has 0 radical (unpaired) electrons. The van der Waals surface area contributed by atoms with E-state index in [0.717, 1.165) is 32.6 Å². The van der Waals surface area contributed by atoms with Crippen LogP contribution in [0.15, 0.2) is 23.6 Å². The standard InChI is InChI=1S/C20H16Cl2N4OS2/c1-8-9(2)15-16(23)17(29-19(15)24-10(8)3)18(27)26-20-25-14(7-28-20)11-4-5-12(21)13(22)6-11/h4-7H,23H2,1-3H3,(H,25,26,27). The Hall–Kier alpha value is -2.19. The monoisotopic (exact) mass is 462 g/mol. The molecule has 4 rings (SSSR count). The van der Waals surface area contributed by atoms with Crippen molar-refractivity contribution >= 4 is 72.8 Å². The second kappa shape index (κ2) is 7.57. The molecule has 0 aliphatic heterocycles. The summed E-state index contributed by atoms with van der Waals surface area (Å²) >= 11 is 14.7. The summed E-state index contributed by atoms with van der Waals surface area (Å²) in [6, 6.07) is 5.29. The summed E-state index contributed by atoms with van der Waals surface area (Å²) in [6.07, 6.45) is 0. The largest absolute Gasteiger partial charge is 0.397 e. The molecular weight excluding hydrogens is 447 g/mol. The lowest BCUT2D eigenvalue weighted by atomic mass is 10.1. The van der Waals surface area contributed by atoms with E-state index in [9.17, 15) is 4.79 Å². The molecule has 4 aromatic rings. The number of benzene rings is 1. The molecule has 9 heteroatoms. The normalized spacial score (nSPS) is 11.2. The molecule has 1 amide bonds. The molecule has 148 valence electrons. The number of aryl methyl sites for hydroxylation is 2. The first kappa shape index (κ1) is 20.1. The van der Waals surface area contributed by atoms with Crippen molar-refractivity contribution in [3.8, 4) is 11.3 Å². The zero-order valence-corrected chi connectivity index (χ0v) is 18.9. The zero-order chi connectivity index (χ0) is 20.9. The SMILES string of the molecule is Cc1nc2sc(C(=O)Nc3nc(-c4ccc(Cl)c(Cl)c4)cs3)c(N)c2c(C)c1C. The van der Waals surface area contributed by atoms with Crippen LogP contribution in [0.4, 0.5) is 10.8 Å². The summed E-state index contributed by atoms with van der Waals surface area (Å²) in [5.41, 5.74) is 11.4. The molecule has 3 aromatic heterocycles. The third-order valence-corrected chi connectivity index (χ3v) is 7.42. The van der Waals surface area contributed by atoms with Gasteiger partial charge in [0.25, 0.3) is 5.91 Å². The van der Waals surface area contributed by atoms with E-state index in [1.807, 2.05) is 32.2 Å². The van der Waals surface area contributed by atoms with Crippen molar-refractivity contribution < 1.29 is 4.79 Å². The van der Waals surface area contributed by atoms with Gasteiger partial charge in [-0.2, -0.15) is 0 Å². The molecule has 5 nitrogen and oxygen atoms in total. The van der Waals surface area contributed by atoms with Crippen LogP contribution in [0.3, 0.4) is 0 Å². The number of carbonyl (C=O) groups is 1. The highest BCUT2D eigenvalue weighted by Crippen LogP contribution is 2.37. The number of pyridine rings is 1. The molecule has 0 aliphatic rings. The van der Waals surface area contributed by atoms with Crippen molar-refractivity contribution in [3.05, 3.63) is 55.3 Å². The summed E-state index contributed by atoms with van der Waals surface area (Å²) < 4.78 is 0. The molecule has 3 heterocycles. The Labute approximate surface area is 185 Å². The number of rotatable bonds is 3. The number of thiophene rings is 1. The fourth-order valence-electron chi connectivity index (χ4n) is 3.01. The summed E-state index contributed by atoms with van der Waals surface area (Å²) in [5.74, 6) is -0.296. The molecule has 0 bridgehead atoms. The van der Waals surface area contributed by atoms with Crippen LogP contribution in [0.25, 0.3) is 21.5 Å². The number of anilines is 2. The smallest absolute Gasteiger partial charge is 0.269 e. The number of halogens is 2. The topological polar surface area (TPSA) is 80.9 Å². The third-order valence-electron chi connectivity index (χ3n) is 4.82. The van der Waals surface area contributed by atoms with Gasteiger partial charge in [-0.05, 0) is 44.0 Å². The number of amides is 1. The number of nitrogens with zero attached hydrogens (tertiary/aromatic N) is 2. The van der Waals surface area contributed by atoms with Gasteiger partial charge in [-0.15, -0.1) is 22.7 Å². The molecule has 3 N–H and O–H groups in total. The number of nitrogen functional groups attached to an aromatic ring is 1. The van der Waals surface area contributed by atoms with Crippen LogP contribution in [0, 0.1) is 20.8 Å². The van der Waals surface area contributed by atoms with Crippen LogP contribution in [-0.2, 0) is 0 Å². The van der Waals surface area contributed by atoms with Crippen molar-refractivity contribution in [2.24, 2.45) is 0 Å². The van der Waals surface area contributed by atoms with E-state index < -0.39 is 0 Å². The van der Waals surface area contributed by atoms with E-state index >= 15 is 0 Å². The van der Waals surface area contributed by atoms with E-state index in [2.05, 4.69) is 15.3 Å². The number of hydrogen-bond acceptors (Lipinski definition) is 6. The Balaban J connectivity index is 1.63. The number of thiazole rings is 1. The van der Waals surface area contributed by atoms with E-state index in [1.165, 1.54) is 22.7 Å². The van der Waals surface area contributed by atoms with Crippen LogP contribution in [0.2, 0.25) is 10.0 Å². The minimum Gasteiger partial charge on any atom is -0.397 e. The summed E-state index contributed by atoms with van der Waals surface area (Å²) in [5, 5.41) is 6.94. The minimum absolute atomic E-state index is 0.296. The molecule has 0 aliphatic carbocycles. The van der Waals surface area contributed by atoms with Crippen molar-refractivity contribution in [3.63, 3.8) is 0 Å². The van der Waals surface area contributed by atoms with Crippen molar-refractivity contribution in [1.82, 2.24) is 9.97 Å². The van der Waals surface area contributed by atoms with Crippen LogP contribution in [0.5, 0.6) is 0 Å². The maximum absolute atomic E-state index is 12.8. The Morgan fingerprint density at radius 3 is 2.59 bits per heavy atom. The predicted molar refractivity (Wildman–Crippen MR) is 124 cm³/mol. The lowest BCUT2D eigenvalue weighted by Gasteiger charge is -2.05. The van der Waals surface area contributed by atoms with Crippen LogP contribution >= 0.6 is 45.9 Å². The summed E-state index contributed by atoms with van der Waals surface area (Å²) in [6.45, 7) is 5.97. The molecular formula is C20H16Cl2N4OS2. The minimum atomic E-state index is -0.296. The molecule has 29 heavy (non-hydrogen) atoms. The molecule has 1 aromatic carbocycles. The van der Waals surface area contributed by atoms with Gasteiger partial charge in [-0.25, -0.2) is 9.97 Å². The Morgan fingerprint density at radius 2 is 1.86 bits per heavy atom. The third kappa shape index (κ3) is 3.59. The fraction of sp³-hybridized carbons (Fsp3) is 0.150. The average molecular weight is 463 g/mol. The lowest BCUT2D eigenvalue weighted by Crippen LogP contribution is -2.11. The van der Waals surface area contributed by atoms with E-state index in [0.29, 0.717) is 31.4 Å². The number of nitrogens with one attached hydrogen (secondary N) is 1. The number of carbonyl (C=O) groups excluding carboxylic acids is 1. The summed E-state index contributed by atoms with van der Waals surface area (Å²) in [7, 11) is 0. The van der Waals surface area contributed by atoms with Gasteiger partial charge in [0.1, 0.15) is 9.71 Å². The summed E-state index contributed by atoms with van der Waals surface area (Å²) in [4.78, 5) is 23.1. The quantitative estimate of drug-likeness (QED) is 0.364. The number of fused-ring (bicyclic) bond motifs is 1. The number of hydrogen-bond donors (Lipinski definition) is 2. The highest BCUT2D eigenvalue weighted by Gasteiger charge is 2.21. The van der Waals surface area contributed by atoms with Crippen molar-refractivity contribution in [1.29, 1.82) is 0 Å². The van der Waals surface area contributed by atoms with E-state index in [1.54, 1.807) is 12.1 Å². The number of nitrogens with two attached hydrogens (primary N) is 1. The van der Waals surface area contributed by atoms with Gasteiger partial charge in [-0.1, -0.05) is 29.3 Å². The second-order valence-corrected chi connectivity index (χ2v) is 9.26. The molecule has 0 spiro atoms. The fourth-order valence-corrected chi connectivity index (χ4v) is 5.12. The van der Waals surface area contributed by atoms with Crippen LogP contribution in [-0.4, -0.2) is 15.9 Å². The van der Waals surface area contributed by atoms with E-state index in [-0.39, 0.29) is 5.91 Å². The second-order valence-electron chi connectivity index (χ2n) is 6.59. The highest BCUT2D eigenvalue weighted by molar-refractivity contribution is 7.21. The van der Waals surface area contributed by atoms with Crippen molar-refractivity contribution in [2.75, 3.05) is 11.1 Å². The first-order chi connectivity index (χ1) is 13.8. The van der Waals surface area contributed by atoms with Crippen molar-refractivity contribution in [2.45, 2.75) is 20.8 Å². The zero-order valence-electron chi connectivity index (χ0n) is 15.8. The molecule has 0 unspecified atom stereocenters. The molecule has 0 saturated carbocycles.